The molecule has 7 heteroatoms. The van der Waals surface area contributed by atoms with Crippen molar-refractivity contribution in [2.45, 2.75) is 26.7 Å². The van der Waals surface area contributed by atoms with Gasteiger partial charge < -0.3 is 9.47 Å². The molecule has 1 heterocycles. The monoisotopic (exact) mass is 572 g/mol. The molecule has 0 aromatic heterocycles. The molecule has 1 unspecified atom stereocenters. The van der Waals surface area contributed by atoms with Crippen molar-refractivity contribution >= 4 is 62.8 Å². The van der Waals surface area contributed by atoms with Crippen LogP contribution in [0.25, 0.3) is 10.5 Å². The highest BCUT2D eigenvalue weighted by Crippen LogP contribution is 2.60. The number of Topliss-reactive ketones (excluding diaryl/α,β-unsaturated/α-hetero) is 1. The summed E-state index contributed by atoms with van der Waals surface area (Å²) in [6, 6.07) is 25.1. The third-order valence-electron chi connectivity index (χ3n) is 6.98. The van der Waals surface area contributed by atoms with Gasteiger partial charge in [0, 0.05) is 26.3 Å². The zero-order chi connectivity index (χ0) is 27.7. The van der Waals surface area contributed by atoms with Gasteiger partial charge >= 0.3 is 5.97 Å². The van der Waals surface area contributed by atoms with Crippen LogP contribution in [0.1, 0.15) is 53.7 Å². The number of carbonyl (C=O) groups excluding carboxylic acids is 2. The molecule has 0 radical (unpaired) electrons. The third-order valence-corrected chi connectivity index (χ3v) is 10.3. The topological polar surface area (TPSA) is 52.6 Å². The van der Waals surface area contributed by atoms with Crippen molar-refractivity contribution in [3.05, 3.63) is 110 Å². The quantitative estimate of drug-likeness (QED) is 0.128. The Hall–Kier alpha value is -3.13. The largest absolute Gasteiger partial charge is 0.494 e. The fourth-order valence-electron chi connectivity index (χ4n) is 5.08. The number of thioether (sulfide) groups is 2. The molecular weight excluding hydrogens is 545 g/mol. The fraction of sp³-hybridized carbons (Fsp3) is 0.219. The van der Waals surface area contributed by atoms with Crippen LogP contribution in [0.15, 0.2) is 88.0 Å². The van der Waals surface area contributed by atoms with Crippen molar-refractivity contribution < 1.29 is 19.1 Å². The van der Waals surface area contributed by atoms with Crippen LogP contribution in [0.2, 0.25) is 0 Å². The molecular formula is C32H28O4S3. The Kier molecular flexibility index (Phi) is 7.85. The van der Waals surface area contributed by atoms with Crippen LogP contribution >= 0.6 is 35.7 Å². The molecule has 198 valence electrons. The smallest absolute Gasteiger partial charge is 0.345 e. The Balaban J connectivity index is 1.70. The van der Waals surface area contributed by atoms with Gasteiger partial charge in [-0.05, 0) is 35.7 Å². The van der Waals surface area contributed by atoms with Gasteiger partial charge in [0.1, 0.15) is 10.7 Å². The van der Waals surface area contributed by atoms with Crippen LogP contribution in [-0.2, 0) is 9.53 Å². The first-order valence-corrected chi connectivity index (χ1v) is 14.7. The van der Waals surface area contributed by atoms with Crippen molar-refractivity contribution in [2.75, 3.05) is 13.7 Å². The molecule has 0 amide bonds. The molecule has 0 N–H and O–H groups in total. The van der Waals surface area contributed by atoms with Crippen LogP contribution in [0.5, 0.6) is 5.75 Å². The summed E-state index contributed by atoms with van der Waals surface area (Å²) in [5.74, 6) is -0.149. The van der Waals surface area contributed by atoms with E-state index in [1.165, 1.54) is 30.6 Å². The lowest BCUT2D eigenvalue weighted by atomic mass is 9.62. The number of fused-ring (bicyclic) bond motifs is 1. The number of ether oxygens (including phenoxy) is 2. The van der Waals surface area contributed by atoms with E-state index in [2.05, 4.69) is 0 Å². The molecule has 0 bridgehead atoms. The van der Waals surface area contributed by atoms with Gasteiger partial charge in [-0.1, -0.05) is 116 Å². The van der Waals surface area contributed by atoms with Gasteiger partial charge in [0.15, 0.2) is 5.78 Å². The second-order valence-corrected chi connectivity index (χ2v) is 12.5. The zero-order valence-electron chi connectivity index (χ0n) is 22.1. The predicted molar refractivity (Wildman–Crippen MR) is 165 cm³/mol. The van der Waals surface area contributed by atoms with Gasteiger partial charge in [-0.25, -0.2) is 4.79 Å². The van der Waals surface area contributed by atoms with Crippen molar-refractivity contribution in [3.8, 4) is 5.75 Å². The number of methoxy groups -OCH3 is 1. The number of allylic oxidation sites excluding steroid dienone is 1. The van der Waals surface area contributed by atoms with Crippen LogP contribution < -0.4 is 4.74 Å². The summed E-state index contributed by atoms with van der Waals surface area (Å²) in [5, 5.41) is 0. The van der Waals surface area contributed by atoms with Crippen LogP contribution in [0.3, 0.4) is 0 Å². The summed E-state index contributed by atoms with van der Waals surface area (Å²) in [5.41, 5.74) is 3.57. The van der Waals surface area contributed by atoms with Gasteiger partial charge in [0.25, 0.3) is 0 Å². The minimum atomic E-state index is -0.676. The number of thiocarbonyl (C=S) groups is 1. The standard InChI is InChI=1S/C32H28O4S3/c1-5-36-21-16-17-22-23(18-21)25(26(33)19-12-8-6-9-13-19)32(2,3)29(37)24(22)31-38-27(20-14-10-7-11-15-20)28(39-31)30(34)35-4/h6-18,25H,5H2,1-4H3/b31-24-. The number of ketones is 1. The number of hydrogen-bond donors (Lipinski definition) is 0. The first kappa shape index (κ1) is 27.4. The second kappa shape index (κ2) is 11.2. The molecule has 1 aliphatic heterocycles. The van der Waals surface area contributed by atoms with E-state index in [4.69, 9.17) is 21.7 Å². The Morgan fingerprint density at radius 2 is 1.62 bits per heavy atom. The Bertz CT molecular complexity index is 1520. The highest BCUT2D eigenvalue weighted by Gasteiger charge is 2.48. The normalized spacial score (nSPS) is 20.0. The molecule has 1 atom stereocenters. The molecule has 0 saturated heterocycles. The van der Waals surface area contributed by atoms with Gasteiger partial charge in [-0.15, -0.1) is 0 Å². The van der Waals surface area contributed by atoms with E-state index in [1.54, 1.807) is 0 Å². The highest BCUT2D eigenvalue weighted by molar-refractivity contribution is 8.32. The number of esters is 1. The van der Waals surface area contributed by atoms with E-state index < -0.39 is 11.3 Å². The molecule has 3 aromatic carbocycles. The summed E-state index contributed by atoms with van der Waals surface area (Å²) >= 11 is 9.11. The number of carbonyl (C=O) groups is 2. The van der Waals surface area contributed by atoms with Crippen LogP contribution in [0.4, 0.5) is 0 Å². The lowest BCUT2D eigenvalue weighted by molar-refractivity contribution is -0.135. The number of benzene rings is 3. The average Bonchev–Trinajstić information content (AvgIpc) is 3.39. The highest BCUT2D eigenvalue weighted by atomic mass is 32.2. The molecule has 4 nitrogen and oxygen atoms in total. The zero-order valence-corrected chi connectivity index (χ0v) is 24.6. The van der Waals surface area contributed by atoms with Crippen LogP contribution in [0, 0.1) is 5.41 Å². The first-order chi connectivity index (χ1) is 18.8. The average molecular weight is 573 g/mol. The minimum Gasteiger partial charge on any atom is -0.494 e. The molecule has 2 aliphatic rings. The van der Waals surface area contributed by atoms with E-state index in [0.717, 1.165) is 31.4 Å². The Morgan fingerprint density at radius 1 is 0.949 bits per heavy atom. The maximum Gasteiger partial charge on any atom is 0.345 e. The van der Waals surface area contributed by atoms with Gasteiger partial charge in [0.05, 0.1) is 23.9 Å². The molecule has 39 heavy (non-hydrogen) atoms. The lowest BCUT2D eigenvalue weighted by Gasteiger charge is -2.41. The summed E-state index contributed by atoms with van der Waals surface area (Å²) in [6.45, 7) is 6.53. The van der Waals surface area contributed by atoms with Crippen molar-refractivity contribution in [3.63, 3.8) is 0 Å². The molecule has 0 saturated carbocycles. The van der Waals surface area contributed by atoms with E-state index in [1.807, 2.05) is 99.6 Å². The summed E-state index contributed by atoms with van der Waals surface area (Å²) < 4.78 is 11.9. The van der Waals surface area contributed by atoms with E-state index in [0.29, 0.717) is 27.7 Å². The van der Waals surface area contributed by atoms with Crippen molar-refractivity contribution in [1.82, 2.24) is 0 Å². The van der Waals surface area contributed by atoms with Crippen molar-refractivity contribution in [1.29, 1.82) is 0 Å². The molecule has 3 aromatic rings. The molecule has 1 aliphatic carbocycles. The minimum absolute atomic E-state index is 0.0203. The van der Waals surface area contributed by atoms with Gasteiger partial charge in [-0.3, -0.25) is 4.79 Å². The lowest BCUT2D eigenvalue weighted by Crippen LogP contribution is -2.40. The Morgan fingerprint density at radius 3 is 2.26 bits per heavy atom. The third kappa shape index (κ3) is 4.99. The van der Waals surface area contributed by atoms with E-state index in [9.17, 15) is 9.59 Å². The fourth-order valence-corrected chi connectivity index (χ4v) is 8.26. The van der Waals surface area contributed by atoms with Crippen molar-refractivity contribution in [2.24, 2.45) is 5.41 Å². The first-order valence-electron chi connectivity index (χ1n) is 12.7. The predicted octanol–water partition coefficient (Wildman–Crippen LogP) is 8.15. The molecule has 0 spiro atoms. The summed E-state index contributed by atoms with van der Waals surface area (Å²) in [7, 11) is 1.40. The van der Waals surface area contributed by atoms with Gasteiger partial charge in [-0.2, -0.15) is 0 Å². The second-order valence-electron chi connectivity index (χ2n) is 9.78. The summed E-state index contributed by atoms with van der Waals surface area (Å²) in [4.78, 5) is 29.0. The number of rotatable bonds is 6. The molecule has 0 fully saturated rings. The SMILES string of the molecule is CCOc1ccc2c(c1)C(C(=O)c1ccccc1)C(C)(C)C(=S)/C2=C1\SC(C(=O)OC)=C(c2ccccc2)S1. The summed E-state index contributed by atoms with van der Waals surface area (Å²) in [6.07, 6.45) is 0. The Labute approximate surface area is 242 Å². The number of hydrogen-bond acceptors (Lipinski definition) is 7. The van der Waals surface area contributed by atoms with Gasteiger partial charge in [0.2, 0.25) is 0 Å². The van der Waals surface area contributed by atoms with Crippen LogP contribution in [-0.4, -0.2) is 30.3 Å². The molecule has 5 rings (SSSR count). The maximum atomic E-state index is 14.0. The van der Waals surface area contributed by atoms with E-state index in [-0.39, 0.29) is 11.8 Å². The maximum absolute atomic E-state index is 14.0. The van der Waals surface area contributed by atoms with E-state index >= 15 is 0 Å².